The smallest absolute Gasteiger partial charge is 0.320 e. The Hall–Kier alpha value is -1.21. The predicted molar refractivity (Wildman–Crippen MR) is 64.6 cm³/mol. The number of nitrogens with one attached hydrogen (secondary N) is 2. The Morgan fingerprint density at radius 2 is 2.31 bits per heavy atom. The second-order valence-electron chi connectivity index (χ2n) is 3.47. The Kier molecular flexibility index (Phi) is 3.68. The molecule has 0 aromatic carbocycles. The van der Waals surface area contributed by atoms with Crippen molar-refractivity contribution in [2.45, 2.75) is 0 Å². The molecule has 1 aromatic heterocycles. The molecule has 0 atom stereocenters. The van der Waals surface area contributed by atoms with Gasteiger partial charge in [0.2, 0.25) is 0 Å². The maximum absolute atomic E-state index is 12.0. The summed E-state index contributed by atoms with van der Waals surface area (Å²) in [7, 11) is 0. The number of hydrogen-bond donors (Lipinski definition) is 2. The lowest BCUT2D eigenvalue weighted by Crippen LogP contribution is -2.48. The number of amides is 1. The van der Waals surface area contributed by atoms with Crippen LogP contribution in [0, 0.1) is 0 Å². The predicted octanol–water partition coefficient (Wildman–Crippen LogP) is 0.446. The van der Waals surface area contributed by atoms with Crippen molar-refractivity contribution in [3.8, 4) is 0 Å². The average Bonchev–Trinajstić information content (AvgIpc) is 2.78. The molecule has 6 nitrogen and oxygen atoms in total. The minimum atomic E-state index is -0.0596. The normalized spacial score (nSPS) is 16.2. The Morgan fingerprint density at radius 1 is 1.56 bits per heavy atom. The second-order valence-corrected chi connectivity index (χ2v) is 4.08. The van der Waals surface area contributed by atoms with E-state index in [1.54, 1.807) is 17.2 Å². The van der Waals surface area contributed by atoms with Gasteiger partial charge in [0.15, 0.2) is 5.82 Å². The van der Waals surface area contributed by atoms with Gasteiger partial charge in [-0.1, -0.05) is 11.9 Å². The van der Waals surface area contributed by atoms with E-state index < -0.39 is 0 Å². The maximum atomic E-state index is 12.0. The van der Waals surface area contributed by atoms with Gasteiger partial charge in [0, 0.05) is 44.7 Å². The van der Waals surface area contributed by atoms with E-state index in [0.29, 0.717) is 5.82 Å². The Morgan fingerprint density at radius 3 is 3.00 bits per heavy atom. The van der Waals surface area contributed by atoms with Crippen molar-refractivity contribution in [1.82, 2.24) is 20.0 Å². The van der Waals surface area contributed by atoms with Gasteiger partial charge in [-0.3, -0.25) is 0 Å². The van der Waals surface area contributed by atoms with Crippen molar-refractivity contribution in [2.75, 3.05) is 37.2 Å². The van der Waals surface area contributed by atoms with Crippen LogP contribution in [0.15, 0.2) is 12.3 Å². The molecular weight excluding hydrogens is 226 g/mol. The van der Waals surface area contributed by atoms with E-state index in [4.69, 9.17) is 0 Å². The zero-order valence-corrected chi connectivity index (χ0v) is 9.96. The van der Waals surface area contributed by atoms with Gasteiger partial charge >= 0.3 is 6.03 Å². The molecule has 2 heterocycles. The molecule has 16 heavy (non-hydrogen) atoms. The summed E-state index contributed by atoms with van der Waals surface area (Å²) in [6.07, 6.45) is 3.60. The highest BCUT2D eigenvalue weighted by molar-refractivity contribution is 7.99. The monoisotopic (exact) mass is 241 g/mol. The van der Waals surface area contributed by atoms with E-state index >= 15 is 0 Å². The molecule has 0 spiro atoms. The third kappa shape index (κ3) is 2.48. The lowest BCUT2D eigenvalue weighted by molar-refractivity contribution is 0.188. The highest BCUT2D eigenvalue weighted by atomic mass is 32.2. The highest BCUT2D eigenvalue weighted by Crippen LogP contribution is 2.08. The Balaban J connectivity index is 2.01. The fraction of sp³-hybridized carbons (Fsp3) is 0.556. The number of aromatic nitrogens is 2. The largest absolute Gasteiger partial charge is 0.344 e. The van der Waals surface area contributed by atoms with Crippen molar-refractivity contribution < 1.29 is 4.79 Å². The SMILES string of the molecule is CSNc1ccn(C(=O)N2CCNCC2)n1. The third-order valence-electron chi connectivity index (χ3n) is 2.38. The van der Waals surface area contributed by atoms with Crippen LogP contribution < -0.4 is 10.0 Å². The van der Waals surface area contributed by atoms with E-state index in [0.717, 1.165) is 26.2 Å². The first-order valence-corrected chi connectivity index (χ1v) is 6.38. The van der Waals surface area contributed by atoms with Gasteiger partial charge in [-0.15, -0.1) is 5.10 Å². The molecule has 1 aromatic rings. The van der Waals surface area contributed by atoms with Gasteiger partial charge in [0.25, 0.3) is 0 Å². The number of nitrogens with zero attached hydrogens (tertiary/aromatic N) is 3. The van der Waals surface area contributed by atoms with Crippen LogP contribution in [-0.2, 0) is 0 Å². The molecule has 0 aliphatic carbocycles. The van der Waals surface area contributed by atoms with E-state index in [-0.39, 0.29) is 6.03 Å². The second kappa shape index (κ2) is 5.22. The zero-order chi connectivity index (χ0) is 11.4. The van der Waals surface area contributed by atoms with Gasteiger partial charge < -0.3 is 14.9 Å². The molecule has 0 saturated carbocycles. The van der Waals surface area contributed by atoms with Crippen molar-refractivity contribution >= 4 is 23.8 Å². The van der Waals surface area contributed by atoms with Gasteiger partial charge in [0.1, 0.15) is 0 Å². The maximum Gasteiger partial charge on any atom is 0.344 e. The first kappa shape index (κ1) is 11.3. The summed E-state index contributed by atoms with van der Waals surface area (Å²) in [5, 5.41) is 7.36. The summed E-state index contributed by atoms with van der Waals surface area (Å²) >= 11 is 1.45. The van der Waals surface area contributed by atoms with E-state index in [1.807, 2.05) is 6.26 Å². The molecule has 1 aliphatic heterocycles. The fourth-order valence-electron chi connectivity index (χ4n) is 1.59. The van der Waals surface area contributed by atoms with Gasteiger partial charge in [-0.2, -0.15) is 4.68 Å². The van der Waals surface area contributed by atoms with Gasteiger partial charge in [0.05, 0.1) is 0 Å². The lowest BCUT2D eigenvalue weighted by atomic mass is 10.4. The van der Waals surface area contributed by atoms with Crippen molar-refractivity contribution in [1.29, 1.82) is 0 Å². The number of carbonyl (C=O) groups is 1. The van der Waals surface area contributed by atoms with Gasteiger partial charge in [-0.25, -0.2) is 4.79 Å². The molecule has 2 rings (SSSR count). The molecule has 1 aliphatic rings. The molecule has 0 radical (unpaired) electrons. The van der Waals surface area contributed by atoms with Crippen LogP contribution in [0.25, 0.3) is 0 Å². The first-order valence-electron chi connectivity index (χ1n) is 5.16. The number of hydrogen-bond acceptors (Lipinski definition) is 5. The lowest BCUT2D eigenvalue weighted by Gasteiger charge is -2.26. The molecule has 2 N–H and O–H groups in total. The summed E-state index contributed by atoms with van der Waals surface area (Å²) < 4.78 is 4.37. The van der Waals surface area contributed by atoms with Crippen LogP contribution in [-0.4, -0.2) is 53.1 Å². The van der Waals surface area contributed by atoms with Crippen LogP contribution in [0.4, 0.5) is 10.6 Å². The highest BCUT2D eigenvalue weighted by Gasteiger charge is 2.18. The van der Waals surface area contributed by atoms with Crippen molar-refractivity contribution in [3.05, 3.63) is 12.3 Å². The van der Waals surface area contributed by atoms with Crippen LogP contribution in [0.2, 0.25) is 0 Å². The quantitative estimate of drug-likeness (QED) is 0.736. The third-order valence-corrected chi connectivity index (χ3v) is 2.79. The van der Waals surface area contributed by atoms with E-state index in [1.165, 1.54) is 16.6 Å². The van der Waals surface area contributed by atoms with Crippen LogP contribution >= 0.6 is 11.9 Å². The summed E-state index contributed by atoms with van der Waals surface area (Å²) in [5.74, 6) is 0.705. The van der Waals surface area contributed by atoms with Crippen molar-refractivity contribution in [2.24, 2.45) is 0 Å². The molecule has 0 unspecified atom stereocenters. The molecule has 7 heteroatoms. The standard InChI is InChI=1S/C9H15N5OS/c1-16-12-8-2-5-14(11-8)9(15)13-6-3-10-4-7-13/h2,5,10H,3-4,6-7H2,1H3,(H,11,12). The van der Waals surface area contributed by atoms with Gasteiger partial charge in [-0.05, 0) is 0 Å². The minimum absolute atomic E-state index is 0.0596. The molecular formula is C9H15N5OS. The molecule has 0 bridgehead atoms. The van der Waals surface area contributed by atoms with Crippen molar-refractivity contribution in [3.63, 3.8) is 0 Å². The topological polar surface area (TPSA) is 62.2 Å². The average molecular weight is 241 g/mol. The number of anilines is 1. The molecule has 1 fully saturated rings. The molecule has 1 amide bonds. The summed E-state index contributed by atoms with van der Waals surface area (Å²) in [4.78, 5) is 13.8. The summed E-state index contributed by atoms with van der Waals surface area (Å²) in [5.41, 5.74) is 0. The van der Waals surface area contributed by atoms with Crippen LogP contribution in [0.1, 0.15) is 0 Å². The zero-order valence-electron chi connectivity index (χ0n) is 9.14. The van der Waals surface area contributed by atoms with Crippen LogP contribution in [0.3, 0.4) is 0 Å². The van der Waals surface area contributed by atoms with E-state index in [9.17, 15) is 4.79 Å². The van der Waals surface area contributed by atoms with Crippen LogP contribution in [0.5, 0.6) is 0 Å². The molecule has 88 valence electrons. The summed E-state index contributed by atoms with van der Waals surface area (Å²) in [6.45, 7) is 3.18. The minimum Gasteiger partial charge on any atom is -0.320 e. The Bertz CT molecular complexity index is 361. The number of piperazine rings is 1. The number of carbonyl (C=O) groups excluding carboxylic acids is 1. The fourth-order valence-corrected chi connectivity index (χ4v) is 1.91. The Labute approximate surface area is 98.5 Å². The first-order chi connectivity index (χ1) is 7.81. The molecule has 1 saturated heterocycles. The van der Waals surface area contributed by atoms with E-state index in [2.05, 4.69) is 15.1 Å². The summed E-state index contributed by atoms with van der Waals surface area (Å²) in [6, 6.07) is 1.73. The number of rotatable bonds is 2.